The maximum atomic E-state index is 12.5. The van der Waals surface area contributed by atoms with Crippen molar-refractivity contribution in [2.24, 2.45) is 0 Å². The van der Waals surface area contributed by atoms with E-state index in [9.17, 15) is 28.8 Å². The molecule has 0 atom stereocenters. The van der Waals surface area contributed by atoms with Gasteiger partial charge in [0, 0.05) is 23.5 Å². The number of carboxylic acid groups (broad SMARTS) is 1. The molecule has 1 aromatic carbocycles. The monoisotopic (exact) mass is 537 g/mol. The van der Waals surface area contributed by atoms with Gasteiger partial charge in [0.1, 0.15) is 24.3 Å². The van der Waals surface area contributed by atoms with Crippen LogP contribution in [-0.2, 0) is 23.9 Å². The van der Waals surface area contributed by atoms with E-state index in [0.717, 1.165) is 0 Å². The van der Waals surface area contributed by atoms with E-state index < -0.39 is 60.2 Å². The minimum Gasteiger partial charge on any atom is -0.481 e. The lowest BCUT2D eigenvalue weighted by Gasteiger charge is -2.19. The van der Waals surface area contributed by atoms with Gasteiger partial charge >= 0.3 is 18.2 Å². The average Bonchev–Trinajstić information content (AvgIpc) is 2.73. The number of carbonyl (C=O) groups excluding carboxylic acids is 5. The summed E-state index contributed by atoms with van der Waals surface area (Å²) in [6, 6.07) is 3.96. The second-order valence-electron chi connectivity index (χ2n) is 10.0. The van der Waals surface area contributed by atoms with Gasteiger partial charge in [0.2, 0.25) is 11.8 Å². The van der Waals surface area contributed by atoms with Crippen molar-refractivity contribution in [1.29, 1.82) is 0 Å². The van der Waals surface area contributed by atoms with E-state index in [1.807, 2.05) is 0 Å². The quantitative estimate of drug-likeness (QED) is 0.257. The van der Waals surface area contributed by atoms with E-state index in [1.165, 1.54) is 18.2 Å². The van der Waals surface area contributed by atoms with Crippen molar-refractivity contribution in [2.45, 2.75) is 59.2 Å². The molecule has 0 radical (unpaired) electrons. The second-order valence-corrected chi connectivity index (χ2v) is 10.0. The molecule has 1 aromatic rings. The van der Waals surface area contributed by atoms with Gasteiger partial charge < -0.3 is 41.2 Å². The van der Waals surface area contributed by atoms with E-state index in [0.29, 0.717) is 0 Å². The summed E-state index contributed by atoms with van der Waals surface area (Å²) >= 11 is 0. The first-order valence-electron chi connectivity index (χ1n) is 11.6. The molecule has 0 heterocycles. The standard InChI is InChI=1S/C24H35N5O9/c1-23(2,3)37-21(35)26-12-17(30)28-15-9-14(20(34)25-8-7-19(32)33)10-16(11-15)29-18(31)13-27-22(36)38-24(4,5)6/h9-11H,7-8,12-13H2,1-6H3,(H,25,34)(H,26,35)(H,27,36)(H,28,30)(H,29,31)(H,32,33). The Morgan fingerprint density at radius 3 is 1.50 bits per heavy atom. The van der Waals surface area contributed by atoms with Crippen LogP contribution in [0.5, 0.6) is 0 Å². The Hall–Kier alpha value is -4.36. The van der Waals surface area contributed by atoms with E-state index >= 15 is 0 Å². The number of rotatable bonds is 10. The first kappa shape index (κ1) is 31.7. The van der Waals surface area contributed by atoms with Crippen molar-refractivity contribution >= 4 is 47.3 Å². The highest BCUT2D eigenvalue weighted by Gasteiger charge is 2.19. The summed E-state index contributed by atoms with van der Waals surface area (Å²) in [6.07, 6.45) is -1.91. The van der Waals surface area contributed by atoms with Crippen molar-refractivity contribution in [1.82, 2.24) is 16.0 Å². The third-order valence-corrected chi connectivity index (χ3v) is 3.97. The predicted octanol–water partition coefficient (Wildman–Crippen LogP) is 1.82. The number of ether oxygens (including phenoxy) is 2. The number of alkyl carbamates (subject to hydrolysis) is 2. The SMILES string of the molecule is CC(C)(C)OC(=O)NCC(=O)Nc1cc(NC(=O)CNC(=O)OC(C)(C)C)cc(C(=O)NCCC(=O)O)c1. The van der Waals surface area contributed by atoms with Gasteiger partial charge in [-0.3, -0.25) is 19.2 Å². The van der Waals surface area contributed by atoms with Crippen LogP contribution < -0.4 is 26.6 Å². The maximum Gasteiger partial charge on any atom is 0.408 e. The molecule has 6 N–H and O–H groups in total. The number of hydrogen-bond acceptors (Lipinski definition) is 8. The fraction of sp³-hybridized carbons (Fsp3) is 0.500. The fourth-order valence-corrected chi connectivity index (χ4v) is 2.63. The normalized spacial score (nSPS) is 11.0. The molecule has 5 amide bonds. The summed E-state index contributed by atoms with van der Waals surface area (Å²) in [7, 11) is 0. The Labute approximate surface area is 220 Å². The van der Waals surface area contributed by atoms with Crippen molar-refractivity contribution in [3.05, 3.63) is 23.8 Å². The summed E-state index contributed by atoms with van der Waals surface area (Å²) < 4.78 is 10.1. The highest BCUT2D eigenvalue weighted by atomic mass is 16.6. The van der Waals surface area contributed by atoms with Gasteiger partial charge in [-0.05, 0) is 59.7 Å². The average molecular weight is 538 g/mol. The Bertz CT molecular complexity index is 994. The van der Waals surface area contributed by atoms with Crippen LogP contribution in [0.3, 0.4) is 0 Å². The van der Waals surface area contributed by atoms with E-state index in [4.69, 9.17) is 14.6 Å². The Morgan fingerprint density at radius 1 is 0.711 bits per heavy atom. The molecular weight excluding hydrogens is 502 g/mol. The molecule has 0 unspecified atom stereocenters. The molecule has 0 aliphatic rings. The first-order chi connectivity index (χ1) is 17.4. The van der Waals surface area contributed by atoms with Crippen molar-refractivity contribution in [2.75, 3.05) is 30.3 Å². The van der Waals surface area contributed by atoms with Gasteiger partial charge in [-0.1, -0.05) is 0 Å². The van der Waals surface area contributed by atoms with Crippen LogP contribution in [0.25, 0.3) is 0 Å². The molecule has 0 saturated carbocycles. The molecule has 0 aliphatic carbocycles. The van der Waals surface area contributed by atoms with Crippen LogP contribution in [-0.4, -0.2) is 71.8 Å². The van der Waals surface area contributed by atoms with Crippen LogP contribution in [0.2, 0.25) is 0 Å². The smallest absolute Gasteiger partial charge is 0.408 e. The third kappa shape index (κ3) is 14.3. The molecule has 0 fully saturated rings. The van der Waals surface area contributed by atoms with E-state index in [1.54, 1.807) is 41.5 Å². The van der Waals surface area contributed by atoms with Gasteiger partial charge in [-0.15, -0.1) is 0 Å². The molecule has 0 bridgehead atoms. The molecule has 0 aromatic heterocycles. The minimum atomic E-state index is -1.10. The molecule has 14 nitrogen and oxygen atoms in total. The summed E-state index contributed by atoms with van der Waals surface area (Å²) in [6.45, 7) is 8.97. The van der Waals surface area contributed by atoms with Crippen LogP contribution in [0.1, 0.15) is 58.3 Å². The highest BCUT2D eigenvalue weighted by molar-refractivity contribution is 6.01. The Balaban J connectivity index is 2.95. The lowest BCUT2D eigenvalue weighted by atomic mass is 10.1. The van der Waals surface area contributed by atoms with Gasteiger partial charge in [-0.25, -0.2) is 9.59 Å². The van der Waals surface area contributed by atoms with Gasteiger partial charge in [0.05, 0.1) is 6.42 Å². The van der Waals surface area contributed by atoms with Crippen LogP contribution in [0, 0.1) is 0 Å². The lowest BCUT2D eigenvalue weighted by molar-refractivity contribution is -0.136. The van der Waals surface area contributed by atoms with Crippen LogP contribution in [0.4, 0.5) is 21.0 Å². The predicted molar refractivity (Wildman–Crippen MR) is 137 cm³/mol. The summed E-state index contributed by atoms with van der Waals surface area (Å²) in [5, 5.41) is 20.8. The highest BCUT2D eigenvalue weighted by Crippen LogP contribution is 2.20. The number of benzene rings is 1. The van der Waals surface area contributed by atoms with Gasteiger partial charge in [-0.2, -0.15) is 0 Å². The zero-order valence-electron chi connectivity index (χ0n) is 22.3. The third-order valence-electron chi connectivity index (χ3n) is 3.97. The number of anilines is 2. The lowest BCUT2D eigenvalue weighted by Crippen LogP contribution is -2.37. The molecule has 210 valence electrons. The fourth-order valence-electron chi connectivity index (χ4n) is 2.63. The van der Waals surface area contributed by atoms with E-state index in [-0.39, 0.29) is 29.9 Å². The molecule has 0 spiro atoms. The topological polar surface area (TPSA) is 201 Å². The Morgan fingerprint density at radius 2 is 1.13 bits per heavy atom. The largest absolute Gasteiger partial charge is 0.481 e. The van der Waals surface area contributed by atoms with Crippen LogP contribution in [0.15, 0.2) is 18.2 Å². The molecule has 38 heavy (non-hydrogen) atoms. The van der Waals surface area contributed by atoms with E-state index in [2.05, 4.69) is 26.6 Å². The molecular formula is C24H35N5O9. The summed E-state index contributed by atoms with van der Waals surface area (Å²) in [5.41, 5.74) is -1.31. The molecule has 14 heteroatoms. The number of carboxylic acids is 1. The van der Waals surface area contributed by atoms with Crippen molar-refractivity contribution in [3.8, 4) is 0 Å². The number of hydrogen-bond donors (Lipinski definition) is 6. The summed E-state index contributed by atoms with van der Waals surface area (Å²) in [4.78, 5) is 71.5. The van der Waals surface area contributed by atoms with Crippen LogP contribution >= 0.6 is 0 Å². The number of aliphatic carboxylic acids is 1. The second kappa shape index (κ2) is 13.8. The maximum absolute atomic E-state index is 12.5. The molecule has 0 saturated heterocycles. The summed E-state index contributed by atoms with van der Waals surface area (Å²) in [5.74, 6) is -3.06. The minimum absolute atomic E-state index is 0.00342. The first-order valence-corrected chi connectivity index (χ1v) is 11.6. The molecule has 0 aliphatic heterocycles. The number of carbonyl (C=O) groups is 6. The Kier molecular flexibility index (Phi) is 11.5. The zero-order valence-corrected chi connectivity index (χ0v) is 22.3. The number of amides is 5. The van der Waals surface area contributed by atoms with Crippen molar-refractivity contribution in [3.63, 3.8) is 0 Å². The number of nitrogens with one attached hydrogen (secondary N) is 5. The van der Waals surface area contributed by atoms with Gasteiger partial charge in [0.25, 0.3) is 5.91 Å². The van der Waals surface area contributed by atoms with Gasteiger partial charge in [0.15, 0.2) is 0 Å². The molecule has 1 rings (SSSR count). The zero-order chi connectivity index (χ0) is 29.1. The van der Waals surface area contributed by atoms with Crippen molar-refractivity contribution < 1.29 is 43.3 Å².